The molecule has 2 aromatic rings. The molecule has 0 amide bonds. The van der Waals surface area contributed by atoms with Crippen LogP contribution in [-0.4, -0.2) is 24.2 Å². The predicted octanol–water partition coefficient (Wildman–Crippen LogP) is 5.94. The van der Waals surface area contributed by atoms with Gasteiger partial charge in [-0.2, -0.15) is 13.2 Å². The van der Waals surface area contributed by atoms with Gasteiger partial charge in [0.15, 0.2) is 12.3 Å². The van der Waals surface area contributed by atoms with Crippen LogP contribution in [0.4, 0.5) is 26.3 Å². The maximum atomic E-state index is 15.5. The highest BCUT2D eigenvalue weighted by molar-refractivity contribution is 6.03. The summed E-state index contributed by atoms with van der Waals surface area (Å²) in [6, 6.07) is 8.57. The molecule has 0 aromatic heterocycles. The van der Waals surface area contributed by atoms with E-state index in [1.165, 1.54) is 12.1 Å². The molecule has 3 aliphatic rings. The van der Waals surface area contributed by atoms with Crippen LogP contribution in [0, 0.1) is 17.0 Å². The molecular formula is C22H18F6O2. The van der Waals surface area contributed by atoms with Gasteiger partial charge in [-0.1, -0.05) is 12.1 Å². The highest BCUT2D eigenvalue weighted by atomic mass is 19.4. The molecule has 2 aromatic carbocycles. The number of alkyl halides is 4. The molecule has 30 heavy (non-hydrogen) atoms. The number of halogens is 6. The monoisotopic (exact) mass is 428 g/mol. The number of ketones is 1. The summed E-state index contributed by atoms with van der Waals surface area (Å²) >= 11 is 0. The van der Waals surface area contributed by atoms with Crippen molar-refractivity contribution in [2.45, 2.75) is 43.4 Å². The Morgan fingerprint density at radius 2 is 1.60 bits per heavy atom. The van der Waals surface area contributed by atoms with E-state index < -0.39 is 46.8 Å². The number of carbonyl (C=O) groups excluding carboxylic acids is 1. The molecule has 5 rings (SSSR count). The van der Waals surface area contributed by atoms with Crippen LogP contribution in [0.1, 0.15) is 42.1 Å². The van der Waals surface area contributed by atoms with E-state index >= 15 is 4.39 Å². The van der Waals surface area contributed by atoms with Crippen LogP contribution in [0.15, 0.2) is 42.5 Å². The second-order valence-corrected chi connectivity index (χ2v) is 8.48. The molecule has 3 saturated carbocycles. The smallest absolute Gasteiger partial charge is 0.422 e. The van der Waals surface area contributed by atoms with E-state index in [0.29, 0.717) is 25.3 Å². The molecule has 1 atom stereocenters. The molecule has 0 radical (unpaired) electrons. The Bertz CT molecular complexity index is 974. The summed E-state index contributed by atoms with van der Waals surface area (Å²) in [4.78, 5) is 12.7. The van der Waals surface area contributed by atoms with Crippen molar-refractivity contribution in [1.82, 2.24) is 0 Å². The van der Waals surface area contributed by atoms with Crippen LogP contribution in [-0.2, 0) is 5.41 Å². The molecular weight excluding hydrogens is 410 g/mol. The highest BCUT2D eigenvalue weighted by Gasteiger charge is 2.76. The number of carbonyl (C=O) groups is 1. The van der Waals surface area contributed by atoms with Gasteiger partial charge in [-0.3, -0.25) is 4.79 Å². The zero-order valence-corrected chi connectivity index (χ0v) is 16.0. The van der Waals surface area contributed by atoms with E-state index in [0.717, 1.165) is 24.6 Å². The number of Topliss-reactive ketones (excluding diaryl/α,β-unsaturated/α-hetero) is 1. The van der Waals surface area contributed by atoms with E-state index in [9.17, 15) is 26.7 Å². The van der Waals surface area contributed by atoms with Crippen molar-refractivity contribution in [3.05, 3.63) is 65.2 Å². The van der Waals surface area contributed by atoms with Gasteiger partial charge in [-0.05, 0) is 61.4 Å². The van der Waals surface area contributed by atoms with Crippen molar-refractivity contribution in [2.24, 2.45) is 5.41 Å². The SMILES string of the molecule is CC(F)(C(=O)c1ccc(F)cc1F)C12CC(c3ccc(OCC(F)(F)F)cc3)(C1)C2. The lowest BCUT2D eigenvalue weighted by Crippen LogP contribution is -2.73. The average molecular weight is 428 g/mol. The molecule has 0 N–H and O–H groups in total. The molecule has 0 spiro atoms. The Morgan fingerprint density at radius 1 is 1.00 bits per heavy atom. The minimum Gasteiger partial charge on any atom is -0.484 e. The van der Waals surface area contributed by atoms with Gasteiger partial charge in [0.25, 0.3) is 0 Å². The average Bonchev–Trinajstić information content (AvgIpc) is 2.57. The first-order chi connectivity index (χ1) is 13.9. The lowest BCUT2D eigenvalue weighted by atomic mass is 9.29. The Kier molecular flexibility index (Phi) is 4.49. The van der Waals surface area contributed by atoms with E-state index in [1.807, 2.05) is 0 Å². The summed E-state index contributed by atoms with van der Waals surface area (Å²) in [6.45, 7) is -0.252. The summed E-state index contributed by atoms with van der Waals surface area (Å²) in [5, 5.41) is 0. The zero-order valence-electron chi connectivity index (χ0n) is 16.0. The third kappa shape index (κ3) is 3.17. The maximum absolute atomic E-state index is 15.5. The van der Waals surface area contributed by atoms with Crippen LogP contribution in [0.25, 0.3) is 0 Å². The summed E-state index contributed by atoms with van der Waals surface area (Å²) in [5.41, 5.74) is -3.25. The van der Waals surface area contributed by atoms with Crippen LogP contribution >= 0.6 is 0 Å². The predicted molar refractivity (Wildman–Crippen MR) is 96.2 cm³/mol. The summed E-state index contributed by atoms with van der Waals surface area (Å²) in [6.07, 6.45) is -3.33. The maximum Gasteiger partial charge on any atom is 0.422 e. The van der Waals surface area contributed by atoms with Gasteiger partial charge < -0.3 is 4.74 Å². The molecule has 3 aliphatic carbocycles. The van der Waals surface area contributed by atoms with Gasteiger partial charge >= 0.3 is 6.18 Å². The molecule has 1 unspecified atom stereocenters. The number of ether oxygens (including phenoxy) is 1. The molecule has 0 saturated heterocycles. The Labute approximate surface area is 168 Å². The van der Waals surface area contributed by atoms with E-state index in [1.54, 1.807) is 12.1 Å². The van der Waals surface area contributed by atoms with Crippen LogP contribution in [0.5, 0.6) is 5.75 Å². The number of hydrogen-bond donors (Lipinski definition) is 0. The van der Waals surface area contributed by atoms with Gasteiger partial charge in [0.05, 0.1) is 5.56 Å². The minimum atomic E-state index is -4.43. The minimum absolute atomic E-state index is 0.0784. The first-order valence-electron chi connectivity index (χ1n) is 9.37. The first kappa shape index (κ1) is 20.8. The van der Waals surface area contributed by atoms with Gasteiger partial charge in [0.2, 0.25) is 5.78 Å². The van der Waals surface area contributed by atoms with E-state index in [2.05, 4.69) is 4.74 Å². The summed E-state index contributed by atoms with van der Waals surface area (Å²) in [7, 11) is 0. The summed E-state index contributed by atoms with van der Waals surface area (Å²) in [5.74, 6) is -2.88. The standard InChI is InChI=1S/C22H18F6O2/c1-19(25,18(29)16-7-4-14(23)8-17(16)24)21-9-20(10-21,11-21)13-2-5-15(6-3-13)30-12-22(26,27)28/h2-8H,9-12H2,1H3. The van der Waals surface area contributed by atoms with Crippen molar-refractivity contribution < 1.29 is 35.9 Å². The highest BCUT2D eigenvalue weighted by Crippen LogP contribution is 2.78. The molecule has 3 fully saturated rings. The van der Waals surface area contributed by atoms with Gasteiger partial charge in [0.1, 0.15) is 17.4 Å². The fourth-order valence-corrected chi connectivity index (χ4v) is 4.83. The number of hydrogen-bond acceptors (Lipinski definition) is 2. The normalized spacial score (nSPS) is 26.9. The van der Waals surface area contributed by atoms with Crippen molar-refractivity contribution in [1.29, 1.82) is 0 Å². The van der Waals surface area contributed by atoms with Gasteiger partial charge in [0, 0.05) is 11.5 Å². The lowest BCUT2D eigenvalue weighted by molar-refractivity contribution is -0.207. The Balaban J connectivity index is 1.45. The van der Waals surface area contributed by atoms with Crippen molar-refractivity contribution in [3.8, 4) is 5.75 Å². The third-order valence-electron chi connectivity index (χ3n) is 6.50. The van der Waals surface area contributed by atoms with E-state index in [-0.39, 0.29) is 11.2 Å². The zero-order chi connectivity index (χ0) is 21.9. The van der Waals surface area contributed by atoms with E-state index in [4.69, 9.17) is 0 Å². The number of rotatable bonds is 6. The summed E-state index contributed by atoms with van der Waals surface area (Å²) < 4.78 is 84.0. The fourth-order valence-electron chi connectivity index (χ4n) is 4.83. The van der Waals surface area contributed by atoms with Crippen molar-refractivity contribution in [3.63, 3.8) is 0 Å². The first-order valence-corrected chi connectivity index (χ1v) is 9.37. The number of benzene rings is 2. The van der Waals surface area contributed by atoms with Crippen molar-refractivity contribution >= 4 is 5.78 Å². The molecule has 0 aliphatic heterocycles. The van der Waals surface area contributed by atoms with Gasteiger partial charge in [-0.25, -0.2) is 13.2 Å². The van der Waals surface area contributed by atoms with Crippen LogP contribution in [0.2, 0.25) is 0 Å². The topological polar surface area (TPSA) is 26.3 Å². The molecule has 2 bridgehead atoms. The fraction of sp³-hybridized carbons (Fsp3) is 0.409. The second kappa shape index (κ2) is 6.49. The Hall–Kier alpha value is -2.51. The molecule has 160 valence electrons. The quantitative estimate of drug-likeness (QED) is 0.421. The third-order valence-corrected chi connectivity index (χ3v) is 6.50. The van der Waals surface area contributed by atoms with Crippen LogP contribution < -0.4 is 4.74 Å². The second-order valence-electron chi connectivity index (χ2n) is 8.48. The van der Waals surface area contributed by atoms with Crippen molar-refractivity contribution in [2.75, 3.05) is 6.61 Å². The molecule has 0 heterocycles. The largest absolute Gasteiger partial charge is 0.484 e. The van der Waals surface area contributed by atoms with Gasteiger partial charge in [-0.15, -0.1) is 0 Å². The molecule has 8 heteroatoms. The lowest BCUT2D eigenvalue weighted by Gasteiger charge is -2.74. The van der Waals surface area contributed by atoms with Crippen LogP contribution in [0.3, 0.4) is 0 Å². The molecule has 2 nitrogen and oxygen atoms in total. The Morgan fingerprint density at radius 3 is 2.13 bits per heavy atom.